The summed E-state index contributed by atoms with van der Waals surface area (Å²) in [5.74, 6) is 0. The van der Waals surface area contributed by atoms with Crippen LogP contribution in [0.4, 0.5) is 0 Å². The zero-order valence-electron chi connectivity index (χ0n) is 12.6. The van der Waals surface area contributed by atoms with Gasteiger partial charge in [-0.3, -0.25) is 0 Å². The zero-order valence-corrected chi connectivity index (χ0v) is 16.5. The predicted molar refractivity (Wildman–Crippen MR) is 72.4 cm³/mol. The van der Waals surface area contributed by atoms with Crippen molar-refractivity contribution >= 4 is 10.1 Å². The molecular weight excluding hydrogens is 291 g/mol. The van der Waals surface area contributed by atoms with Gasteiger partial charge in [-0.1, -0.05) is 45.4 Å². The third-order valence-electron chi connectivity index (χ3n) is 3.19. The summed E-state index contributed by atoms with van der Waals surface area (Å²) in [5.41, 5.74) is 0. The molecule has 0 radical (unpaired) electrons. The van der Waals surface area contributed by atoms with Gasteiger partial charge >= 0.3 is 51.4 Å². The summed E-state index contributed by atoms with van der Waals surface area (Å²) in [5, 5.41) is 8.36. The molecule has 1 N–H and O–H groups in total. The summed E-state index contributed by atoms with van der Waals surface area (Å²) in [6.45, 7) is 3.81. The van der Waals surface area contributed by atoms with Gasteiger partial charge in [-0.05, 0) is 26.2 Å². The fourth-order valence-electron chi connectivity index (χ4n) is 2.04. The van der Waals surface area contributed by atoms with Crippen molar-refractivity contribution in [3.8, 4) is 0 Å². The van der Waals surface area contributed by atoms with Gasteiger partial charge in [0.1, 0.15) is 0 Å². The van der Waals surface area contributed by atoms with Crippen LogP contribution in [0.25, 0.3) is 0 Å². The molecule has 0 aliphatic rings. The molecule has 0 saturated heterocycles. The molecule has 110 valence electrons. The first kappa shape index (κ1) is 22.8. The van der Waals surface area contributed by atoms with Crippen LogP contribution < -0.4 is 51.4 Å². The monoisotopic (exact) mass is 318 g/mol. The van der Waals surface area contributed by atoms with Gasteiger partial charge in [-0.15, -0.1) is 0 Å². The molecule has 0 fully saturated rings. The van der Waals surface area contributed by atoms with Crippen molar-refractivity contribution < 1.29 is 69.5 Å². The number of rotatable bonds is 11. The average molecular weight is 319 g/mol. The Hall–Kier alpha value is 1.51. The molecule has 2 atom stereocenters. The Bertz CT molecular complexity index is 291. The fraction of sp³-hybridized carbons (Fsp3) is 1.00. The summed E-state index contributed by atoms with van der Waals surface area (Å²) in [7, 11) is -4.17. The summed E-state index contributed by atoms with van der Waals surface area (Å²) in [6.07, 6.45) is 6.72. The Morgan fingerprint density at radius 2 is 1.47 bits per heavy atom. The SMILES string of the molecule is CCCCCCC(CCCCC(C)O)S(=O)(=O)[O-].[K+]. The number of hydrogen-bond acceptors (Lipinski definition) is 4. The Balaban J connectivity index is 0. The maximum atomic E-state index is 11.1. The molecule has 2 unspecified atom stereocenters. The van der Waals surface area contributed by atoms with Gasteiger partial charge in [0.2, 0.25) is 0 Å². The molecule has 6 heteroatoms. The van der Waals surface area contributed by atoms with Crippen molar-refractivity contribution in [1.29, 1.82) is 0 Å². The summed E-state index contributed by atoms with van der Waals surface area (Å²) < 4.78 is 33.4. The molecule has 4 nitrogen and oxygen atoms in total. The van der Waals surface area contributed by atoms with Gasteiger partial charge in [-0.25, -0.2) is 8.42 Å². The van der Waals surface area contributed by atoms with E-state index >= 15 is 0 Å². The molecule has 0 amide bonds. The maximum Gasteiger partial charge on any atom is 1.00 e. The molecule has 0 aliphatic carbocycles. The van der Waals surface area contributed by atoms with Crippen LogP contribution >= 0.6 is 0 Å². The Labute approximate surface area is 160 Å². The minimum absolute atomic E-state index is 0. The molecule has 0 saturated carbocycles. The van der Waals surface area contributed by atoms with Crippen LogP contribution in [-0.4, -0.2) is 29.4 Å². The van der Waals surface area contributed by atoms with Crippen LogP contribution in [-0.2, 0) is 10.1 Å². The second kappa shape index (κ2) is 13.2. The Kier molecular flexibility index (Phi) is 15.8. The van der Waals surface area contributed by atoms with Gasteiger partial charge < -0.3 is 9.66 Å². The van der Waals surface area contributed by atoms with Crippen molar-refractivity contribution in [2.45, 2.75) is 83.0 Å². The number of aliphatic hydroxyl groups is 1. The second-order valence-corrected chi connectivity index (χ2v) is 6.75. The van der Waals surface area contributed by atoms with Crippen molar-refractivity contribution in [2.75, 3.05) is 0 Å². The van der Waals surface area contributed by atoms with Crippen molar-refractivity contribution in [1.82, 2.24) is 0 Å². The number of aliphatic hydroxyl groups excluding tert-OH is 1. The minimum atomic E-state index is -4.17. The molecule has 19 heavy (non-hydrogen) atoms. The van der Waals surface area contributed by atoms with E-state index in [-0.39, 0.29) is 57.5 Å². The van der Waals surface area contributed by atoms with Crippen LogP contribution in [0.2, 0.25) is 0 Å². The summed E-state index contributed by atoms with van der Waals surface area (Å²) in [6, 6.07) is 0. The topological polar surface area (TPSA) is 77.4 Å². The predicted octanol–water partition coefficient (Wildman–Crippen LogP) is -0.184. The van der Waals surface area contributed by atoms with Crippen LogP contribution in [0, 0.1) is 0 Å². The van der Waals surface area contributed by atoms with Crippen LogP contribution in [0.5, 0.6) is 0 Å². The van der Waals surface area contributed by atoms with Crippen LogP contribution in [0.15, 0.2) is 0 Å². The van der Waals surface area contributed by atoms with Crippen LogP contribution in [0.3, 0.4) is 0 Å². The normalized spacial score (nSPS) is 14.7. The van der Waals surface area contributed by atoms with Gasteiger partial charge in [0.15, 0.2) is 0 Å². The van der Waals surface area contributed by atoms with E-state index in [0.717, 1.165) is 32.1 Å². The van der Waals surface area contributed by atoms with E-state index in [9.17, 15) is 13.0 Å². The molecule has 0 rings (SSSR count). The standard InChI is InChI=1S/C13H28O4S.K/c1-3-4-5-6-10-13(18(15,16)17)11-8-7-9-12(2)14;/h12-14H,3-11H2,1-2H3,(H,15,16,17);/q;+1/p-1. The molecule has 0 aromatic carbocycles. The molecule has 0 aliphatic heterocycles. The molecule has 0 spiro atoms. The van der Waals surface area contributed by atoms with Gasteiger partial charge in [0.25, 0.3) is 0 Å². The first-order valence-electron chi connectivity index (χ1n) is 7.00. The van der Waals surface area contributed by atoms with E-state index in [2.05, 4.69) is 6.92 Å². The van der Waals surface area contributed by atoms with Crippen LogP contribution in [0.1, 0.15) is 71.6 Å². The number of unbranched alkanes of at least 4 members (excludes halogenated alkanes) is 4. The third-order valence-corrected chi connectivity index (χ3v) is 4.47. The van der Waals surface area contributed by atoms with E-state index in [1.807, 2.05) is 0 Å². The first-order chi connectivity index (χ1) is 8.38. The average Bonchev–Trinajstić information content (AvgIpc) is 2.24. The summed E-state index contributed by atoms with van der Waals surface area (Å²) in [4.78, 5) is 0. The maximum absolute atomic E-state index is 11.1. The summed E-state index contributed by atoms with van der Waals surface area (Å²) >= 11 is 0. The molecular formula is C13H27KO4S. The zero-order chi connectivity index (χ0) is 14.0. The van der Waals surface area contributed by atoms with Gasteiger partial charge in [0, 0.05) is 5.25 Å². The number of hydrogen-bond donors (Lipinski definition) is 1. The fourth-order valence-corrected chi connectivity index (χ4v) is 2.95. The smallest absolute Gasteiger partial charge is 0.748 e. The Morgan fingerprint density at radius 1 is 1.00 bits per heavy atom. The van der Waals surface area contributed by atoms with E-state index in [1.165, 1.54) is 0 Å². The van der Waals surface area contributed by atoms with E-state index in [4.69, 9.17) is 5.11 Å². The van der Waals surface area contributed by atoms with E-state index < -0.39 is 15.4 Å². The molecule has 0 aromatic heterocycles. The largest absolute Gasteiger partial charge is 1.00 e. The van der Waals surface area contributed by atoms with Crippen molar-refractivity contribution in [3.05, 3.63) is 0 Å². The Morgan fingerprint density at radius 3 is 1.89 bits per heavy atom. The minimum Gasteiger partial charge on any atom is -0.748 e. The van der Waals surface area contributed by atoms with Crippen molar-refractivity contribution in [3.63, 3.8) is 0 Å². The van der Waals surface area contributed by atoms with E-state index in [0.29, 0.717) is 25.7 Å². The van der Waals surface area contributed by atoms with E-state index in [1.54, 1.807) is 6.92 Å². The third kappa shape index (κ3) is 14.2. The second-order valence-electron chi connectivity index (χ2n) is 5.10. The van der Waals surface area contributed by atoms with Gasteiger partial charge in [-0.2, -0.15) is 0 Å². The van der Waals surface area contributed by atoms with Gasteiger partial charge in [0.05, 0.1) is 16.2 Å². The molecule has 0 heterocycles. The molecule has 0 bridgehead atoms. The molecule has 0 aromatic rings. The van der Waals surface area contributed by atoms with Crippen molar-refractivity contribution in [2.24, 2.45) is 0 Å². The quantitative estimate of drug-likeness (QED) is 0.326. The first-order valence-corrected chi connectivity index (χ1v) is 8.47.